The van der Waals surface area contributed by atoms with E-state index in [0.717, 1.165) is 6.07 Å². The third-order valence-electron chi connectivity index (χ3n) is 1.96. The summed E-state index contributed by atoms with van der Waals surface area (Å²) in [5, 5.41) is 18.0. The van der Waals surface area contributed by atoms with E-state index in [2.05, 4.69) is 0 Å². The quantitative estimate of drug-likeness (QED) is 0.736. The Balaban J connectivity index is 3.43. The summed E-state index contributed by atoms with van der Waals surface area (Å²) in [7, 11) is 1.26. The van der Waals surface area contributed by atoms with Crippen molar-refractivity contribution in [2.75, 3.05) is 13.7 Å². The van der Waals surface area contributed by atoms with Crippen molar-refractivity contribution in [2.24, 2.45) is 5.73 Å². The van der Waals surface area contributed by atoms with Crippen molar-refractivity contribution in [3.63, 3.8) is 0 Å². The van der Waals surface area contributed by atoms with Gasteiger partial charge in [0, 0.05) is 6.07 Å². The normalized spacial score (nSPS) is 12.6. The largest absolute Gasteiger partial charge is 0.504 e. The average Bonchev–Trinajstić information content (AvgIpc) is 2.21. The lowest BCUT2D eigenvalue weighted by atomic mass is 10.1. The average molecular weight is 236 g/mol. The maximum Gasteiger partial charge on any atom is 0.168 e. The summed E-state index contributed by atoms with van der Waals surface area (Å²) in [6, 6.07) is 0.0214. The third-order valence-corrected chi connectivity index (χ3v) is 2.23. The number of aromatic hydroxyl groups is 1. The number of hydrogen-bond acceptors (Lipinski definition) is 4. The Bertz CT molecular complexity index is 373. The summed E-state index contributed by atoms with van der Waals surface area (Å²) < 4.78 is 18.3. The fourth-order valence-corrected chi connectivity index (χ4v) is 1.46. The highest BCUT2D eigenvalue weighted by Crippen LogP contribution is 2.38. The van der Waals surface area contributed by atoms with Crippen LogP contribution in [0.5, 0.6) is 11.5 Å². The van der Waals surface area contributed by atoms with E-state index in [1.54, 1.807) is 0 Å². The highest BCUT2D eigenvalue weighted by atomic mass is 35.5. The van der Waals surface area contributed by atoms with Gasteiger partial charge in [0.05, 0.1) is 30.3 Å². The Morgan fingerprint density at radius 1 is 1.67 bits per heavy atom. The van der Waals surface area contributed by atoms with E-state index >= 15 is 0 Å². The minimum absolute atomic E-state index is 0.113. The first-order valence-corrected chi connectivity index (χ1v) is 4.52. The minimum Gasteiger partial charge on any atom is -0.504 e. The number of aliphatic hydroxyl groups is 1. The van der Waals surface area contributed by atoms with Crippen molar-refractivity contribution in [2.45, 2.75) is 6.04 Å². The standard InChI is InChI=1S/C9H11ClFNO3/c1-15-9-6(14)2-4(10)8(11)7(9)5(12)3-13/h2,5,13-14H,3,12H2,1H3. The Labute approximate surface area is 91.0 Å². The molecule has 1 aromatic rings. The molecule has 1 rings (SSSR count). The van der Waals surface area contributed by atoms with Crippen LogP contribution in [0.15, 0.2) is 6.07 Å². The topological polar surface area (TPSA) is 75.7 Å². The zero-order valence-electron chi connectivity index (χ0n) is 8.00. The molecule has 15 heavy (non-hydrogen) atoms. The van der Waals surface area contributed by atoms with E-state index in [9.17, 15) is 9.50 Å². The molecule has 4 N–H and O–H groups in total. The fourth-order valence-electron chi connectivity index (χ4n) is 1.25. The van der Waals surface area contributed by atoms with Gasteiger partial charge in [0.2, 0.25) is 0 Å². The van der Waals surface area contributed by atoms with Gasteiger partial charge in [0.25, 0.3) is 0 Å². The molecule has 84 valence electrons. The second-order valence-electron chi connectivity index (χ2n) is 2.93. The van der Waals surface area contributed by atoms with Crippen molar-refractivity contribution in [1.29, 1.82) is 0 Å². The summed E-state index contributed by atoms with van der Waals surface area (Å²) >= 11 is 5.52. The molecule has 0 amide bonds. The van der Waals surface area contributed by atoms with E-state index < -0.39 is 18.5 Å². The van der Waals surface area contributed by atoms with E-state index in [1.165, 1.54) is 7.11 Å². The van der Waals surface area contributed by atoms with Crippen LogP contribution < -0.4 is 10.5 Å². The van der Waals surface area contributed by atoms with E-state index in [1.807, 2.05) is 0 Å². The second kappa shape index (κ2) is 4.65. The Morgan fingerprint density at radius 3 is 2.73 bits per heavy atom. The molecule has 0 bridgehead atoms. The monoisotopic (exact) mass is 235 g/mol. The highest BCUT2D eigenvalue weighted by molar-refractivity contribution is 6.31. The molecule has 0 saturated heterocycles. The number of halogens is 2. The molecule has 0 fully saturated rings. The summed E-state index contributed by atoms with van der Waals surface area (Å²) in [5.41, 5.74) is 5.34. The van der Waals surface area contributed by atoms with Crippen LogP contribution in [0.25, 0.3) is 0 Å². The Kier molecular flexibility index (Phi) is 3.73. The Hall–Kier alpha value is -1.04. The van der Waals surface area contributed by atoms with Gasteiger partial charge in [0.1, 0.15) is 0 Å². The van der Waals surface area contributed by atoms with Crippen molar-refractivity contribution < 1.29 is 19.3 Å². The first kappa shape index (κ1) is 12.0. The minimum atomic E-state index is -0.996. The number of hydrogen-bond donors (Lipinski definition) is 3. The Morgan fingerprint density at radius 2 is 2.27 bits per heavy atom. The third kappa shape index (κ3) is 2.14. The van der Waals surface area contributed by atoms with Crippen LogP contribution in [0.2, 0.25) is 5.02 Å². The number of ether oxygens (including phenoxy) is 1. The number of phenolic OH excluding ortho intramolecular Hbond substituents is 1. The van der Waals surface area contributed by atoms with E-state index in [4.69, 9.17) is 27.2 Å². The van der Waals surface area contributed by atoms with Crippen LogP contribution in [-0.4, -0.2) is 23.9 Å². The molecule has 1 atom stereocenters. The lowest BCUT2D eigenvalue weighted by molar-refractivity contribution is 0.260. The number of methoxy groups -OCH3 is 1. The molecule has 0 aliphatic carbocycles. The summed E-state index contributed by atoms with van der Waals surface area (Å²) in [6.07, 6.45) is 0. The van der Waals surface area contributed by atoms with Crippen LogP contribution >= 0.6 is 11.6 Å². The van der Waals surface area contributed by atoms with Gasteiger partial charge >= 0.3 is 0 Å². The highest BCUT2D eigenvalue weighted by Gasteiger charge is 2.22. The molecule has 0 aromatic heterocycles. The second-order valence-corrected chi connectivity index (χ2v) is 3.33. The number of rotatable bonds is 3. The van der Waals surface area contributed by atoms with Crippen molar-refractivity contribution in [3.8, 4) is 11.5 Å². The van der Waals surface area contributed by atoms with Crippen LogP contribution in [0.1, 0.15) is 11.6 Å². The van der Waals surface area contributed by atoms with Crippen molar-refractivity contribution >= 4 is 11.6 Å². The molecule has 4 nitrogen and oxygen atoms in total. The lowest BCUT2D eigenvalue weighted by Gasteiger charge is -2.16. The van der Waals surface area contributed by atoms with Gasteiger partial charge in [-0.1, -0.05) is 11.6 Å². The van der Waals surface area contributed by atoms with Gasteiger partial charge in [-0.15, -0.1) is 0 Å². The molecule has 1 aromatic carbocycles. The van der Waals surface area contributed by atoms with Crippen LogP contribution in [0, 0.1) is 5.82 Å². The van der Waals surface area contributed by atoms with Gasteiger partial charge < -0.3 is 20.7 Å². The first-order valence-electron chi connectivity index (χ1n) is 4.14. The maximum atomic E-state index is 13.6. The maximum absolute atomic E-state index is 13.6. The molecule has 0 radical (unpaired) electrons. The van der Waals surface area contributed by atoms with Crippen molar-refractivity contribution in [1.82, 2.24) is 0 Å². The SMILES string of the molecule is COc1c(O)cc(Cl)c(F)c1C(N)CO. The smallest absolute Gasteiger partial charge is 0.168 e. The van der Waals surface area contributed by atoms with Gasteiger partial charge in [0.15, 0.2) is 17.3 Å². The molecule has 0 aliphatic rings. The van der Waals surface area contributed by atoms with Crippen LogP contribution in [0.3, 0.4) is 0 Å². The van der Waals surface area contributed by atoms with Crippen molar-refractivity contribution in [3.05, 3.63) is 22.5 Å². The summed E-state index contributed by atoms with van der Waals surface area (Å²) in [4.78, 5) is 0. The van der Waals surface area contributed by atoms with E-state index in [-0.39, 0.29) is 22.1 Å². The number of aliphatic hydroxyl groups excluding tert-OH is 1. The van der Waals surface area contributed by atoms with Crippen LogP contribution in [0.4, 0.5) is 4.39 Å². The molecule has 0 heterocycles. The molecular weight excluding hydrogens is 225 g/mol. The van der Waals surface area contributed by atoms with E-state index in [0.29, 0.717) is 0 Å². The summed E-state index contributed by atoms with van der Waals surface area (Å²) in [6.45, 7) is -0.479. The lowest BCUT2D eigenvalue weighted by Crippen LogP contribution is -2.17. The molecular formula is C9H11ClFNO3. The molecule has 0 saturated carbocycles. The number of nitrogens with two attached hydrogens (primary N) is 1. The predicted molar refractivity (Wildman–Crippen MR) is 53.6 cm³/mol. The van der Waals surface area contributed by atoms with Gasteiger partial charge in [-0.3, -0.25) is 0 Å². The van der Waals surface area contributed by atoms with Gasteiger partial charge in [-0.25, -0.2) is 4.39 Å². The fraction of sp³-hybridized carbons (Fsp3) is 0.333. The zero-order chi connectivity index (χ0) is 11.6. The molecule has 0 aliphatic heterocycles. The molecule has 0 spiro atoms. The molecule has 1 unspecified atom stereocenters. The molecule has 6 heteroatoms. The van der Waals surface area contributed by atoms with Gasteiger partial charge in [-0.2, -0.15) is 0 Å². The van der Waals surface area contributed by atoms with Crippen LogP contribution in [-0.2, 0) is 0 Å². The summed E-state index contributed by atoms with van der Waals surface area (Å²) in [5.74, 6) is -1.23. The predicted octanol–water partition coefficient (Wildman–Crippen LogP) is 1.19. The zero-order valence-corrected chi connectivity index (χ0v) is 8.75. The number of phenols is 1. The first-order chi connectivity index (χ1) is 7.02. The van der Waals surface area contributed by atoms with Gasteiger partial charge in [-0.05, 0) is 0 Å². The number of benzene rings is 1.